The Bertz CT molecular complexity index is 1550. The van der Waals surface area contributed by atoms with Gasteiger partial charge in [0.1, 0.15) is 12.1 Å². The molecule has 0 saturated carbocycles. The van der Waals surface area contributed by atoms with Crippen molar-refractivity contribution in [3.05, 3.63) is 112 Å². The first-order chi connectivity index (χ1) is 18.1. The summed E-state index contributed by atoms with van der Waals surface area (Å²) in [6.07, 6.45) is -2.11. The number of benzene rings is 3. The number of aromatic nitrogens is 3. The van der Waals surface area contributed by atoms with Crippen molar-refractivity contribution in [3.8, 4) is 0 Å². The molecule has 9 nitrogen and oxygen atoms in total. The van der Waals surface area contributed by atoms with Crippen LogP contribution in [0.2, 0.25) is 0 Å². The molecule has 1 unspecified atom stereocenters. The van der Waals surface area contributed by atoms with Crippen LogP contribution in [0.3, 0.4) is 0 Å². The maximum Gasteiger partial charge on any atom is 0.409 e. The third-order valence-corrected chi connectivity index (χ3v) is 6.42. The van der Waals surface area contributed by atoms with E-state index in [9.17, 15) is 14.4 Å². The fourth-order valence-electron chi connectivity index (χ4n) is 3.70. The lowest BCUT2D eigenvalue weighted by atomic mass is 10.1. The summed E-state index contributed by atoms with van der Waals surface area (Å²) in [6, 6.07) is 26.7. The van der Waals surface area contributed by atoms with E-state index in [4.69, 9.17) is 4.74 Å². The minimum Gasteiger partial charge on any atom is -0.445 e. The van der Waals surface area contributed by atoms with Crippen LogP contribution in [-0.4, -0.2) is 32.8 Å². The number of ketones is 1. The highest BCUT2D eigenvalue weighted by atomic mass is 32.1. The SMILES string of the molecule is O=C(NC(C(=O)Nc1ccsc1C(=O)c1ccccc1)n1nnc2ccccc21)OCc1ccccc1. The van der Waals surface area contributed by atoms with Gasteiger partial charge in [0.25, 0.3) is 5.91 Å². The molecular formula is C27H21N5O4S. The Labute approximate surface area is 215 Å². The van der Waals surface area contributed by atoms with Crippen molar-refractivity contribution < 1.29 is 19.1 Å². The Balaban J connectivity index is 1.39. The van der Waals surface area contributed by atoms with E-state index < -0.39 is 18.2 Å². The molecule has 2 heterocycles. The standard InChI is InChI=1S/C27H21N5O4S/c33-23(19-11-5-2-6-12-19)24-21(15-16-37-24)28-26(34)25(32-22-14-8-7-13-20(22)30-31-32)29-27(35)36-17-18-9-3-1-4-10-18/h1-16,25H,17H2,(H,28,34)(H,29,35). The maximum atomic E-state index is 13.5. The van der Waals surface area contributed by atoms with Gasteiger partial charge in [0.2, 0.25) is 11.9 Å². The number of hydrogen-bond donors (Lipinski definition) is 2. The molecule has 184 valence electrons. The largest absolute Gasteiger partial charge is 0.445 e. The summed E-state index contributed by atoms with van der Waals surface area (Å²) in [7, 11) is 0. The van der Waals surface area contributed by atoms with Crippen molar-refractivity contribution in [1.29, 1.82) is 0 Å². The number of thiophene rings is 1. The summed E-state index contributed by atoms with van der Waals surface area (Å²) in [4.78, 5) is 39.6. The normalized spacial score (nSPS) is 11.6. The van der Waals surface area contributed by atoms with Gasteiger partial charge in [-0.15, -0.1) is 16.4 Å². The highest BCUT2D eigenvalue weighted by molar-refractivity contribution is 7.13. The van der Waals surface area contributed by atoms with Gasteiger partial charge in [-0.05, 0) is 29.1 Å². The number of rotatable bonds is 8. The molecule has 0 spiro atoms. The Morgan fingerprint density at radius 3 is 2.38 bits per heavy atom. The molecule has 5 aromatic rings. The molecular weight excluding hydrogens is 490 g/mol. The average molecular weight is 512 g/mol. The lowest BCUT2D eigenvalue weighted by Gasteiger charge is -2.19. The van der Waals surface area contributed by atoms with E-state index in [0.717, 1.165) is 5.56 Å². The van der Waals surface area contributed by atoms with Gasteiger partial charge in [0.05, 0.1) is 16.1 Å². The fourth-order valence-corrected chi connectivity index (χ4v) is 4.51. The summed E-state index contributed by atoms with van der Waals surface area (Å²) in [5, 5.41) is 15.2. The molecule has 5 rings (SSSR count). The van der Waals surface area contributed by atoms with Gasteiger partial charge in [-0.1, -0.05) is 78.0 Å². The van der Waals surface area contributed by atoms with E-state index in [1.807, 2.05) is 36.4 Å². The van der Waals surface area contributed by atoms with Crippen LogP contribution in [0.1, 0.15) is 27.0 Å². The van der Waals surface area contributed by atoms with Crippen LogP contribution in [0.15, 0.2) is 96.4 Å². The zero-order valence-corrected chi connectivity index (χ0v) is 20.2. The molecule has 10 heteroatoms. The Kier molecular flexibility index (Phi) is 7.00. The number of carbonyl (C=O) groups is 3. The summed E-state index contributed by atoms with van der Waals surface area (Å²) in [5.74, 6) is -0.836. The molecule has 0 aliphatic heterocycles. The molecule has 0 radical (unpaired) electrons. The van der Waals surface area contributed by atoms with E-state index in [1.165, 1.54) is 16.0 Å². The van der Waals surface area contributed by atoms with Crippen molar-refractivity contribution in [3.63, 3.8) is 0 Å². The monoisotopic (exact) mass is 511 g/mol. The van der Waals surface area contributed by atoms with Gasteiger partial charge in [0.15, 0.2) is 0 Å². The molecule has 0 aliphatic rings. The third-order valence-electron chi connectivity index (χ3n) is 5.50. The fraction of sp³-hybridized carbons (Fsp3) is 0.0741. The zero-order valence-electron chi connectivity index (χ0n) is 19.4. The van der Waals surface area contributed by atoms with Crippen molar-refractivity contribution in [1.82, 2.24) is 20.3 Å². The number of nitrogens with one attached hydrogen (secondary N) is 2. The molecule has 2 N–H and O–H groups in total. The van der Waals surface area contributed by atoms with Gasteiger partial charge < -0.3 is 10.1 Å². The second-order valence-corrected chi connectivity index (χ2v) is 8.90. The van der Waals surface area contributed by atoms with Crippen molar-refractivity contribution in [2.45, 2.75) is 12.8 Å². The minimum absolute atomic E-state index is 0.0272. The Morgan fingerprint density at radius 2 is 1.59 bits per heavy atom. The van der Waals surface area contributed by atoms with E-state index in [0.29, 0.717) is 27.2 Å². The maximum absolute atomic E-state index is 13.5. The van der Waals surface area contributed by atoms with Gasteiger partial charge in [-0.2, -0.15) is 0 Å². The van der Waals surface area contributed by atoms with Crippen molar-refractivity contribution in [2.75, 3.05) is 5.32 Å². The molecule has 37 heavy (non-hydrogen) atoms. The first-order valence-corrected chi connectivity index (χ1v) is 12.2. The van der Waals surface area contributed by atoms with Crippen LogP contribution in [0.4, 0.5) is 10.5 Å². The lowest BCUT2D eigenvalue weighted by Crippen LogP contribution is -2.41. The molecule has 0 aliphatic carbocycles. The second-order valence-electron chi connectivity index (χ2n) is 7.98. The summed E-state index contributed by atoms with van der Waals surface area (Å²) in [6.45, 7) is 0.0272. The lowest BCUT2D eigenvalue weighted by molar-refractivity contribution is -0.120. The highest BCUT2D eigenvalue weighted by Crippen LogP contribution is 2.26. The van der Waals surface area contributed by atoms with Gasteiger partial charge >= 0.3 is 6.09 Å². The zero-order chi connectivity index (χ0) is 25.6. The number of para-hydroxylation sites is 1. The second kappa shape index (κ2) is 10.8. The Hall–Kier alpha value is -4.83. The molecule has 3 aromatic carbocycles. The molecule has 0 fully saturated rings. The molecule has 2 aromatic heterocycles. The number of ether oxygens (including phenoxy) is 1. The van der Waals surface area contributed by atoms with E-state index in [1.54, 1.807) is 60.0 Å². The van der Waals surface area contributed by atoms with Gasteiger partial charge in [-0.25, -0.2) is 9.48 Å². The van der Waals surface area contributed by atoms with Crippen molar-refractivity contribution in [2.24, 2.45) is 0 Å². The van der Waals surface area contributed by atoms with Crippen LogP contribution in [0.5, 0.6) is 0 Å². The van der Waals surface area contributed by atoms with Crippen LogP contribution >= 0.6 is 11.3 Å². The van der Waals surface area contributed by atoms with Crippen LogP contribution in [0, 0.1) is 0 Å². The van der Waals surface area contributed by atoms with Crippen LogP contribution in [-0.2, 0) is 16.1 Å². The number of anilines is 1. The summed E-state index contributed by atoms with van der Waals surface area (Å²) < 4.78 is 6.64. The van der Waals surface area contributed by atoms with Crippen LogP contribution in [0.25, 0.3) is 11.0 Å². The summed E-state index contributed by atoms with van der Waals surface area (Å²) >= 11 is 1.21. The number of amides is 2. The van der Waals surface area contributed by atoms with Gasteiger partial charge in [0, 0.05) is 5.56 Å². The predicted molar refractivity (Wildman–Crippen MR) is 139 cm³/mol. The van der Waals surface area contributed by atoms with E-state index >= 15 is 0 Å². The third kappa shape index (κ3) is 5.39. The molecule has 1 atom stereocenters. The smallest absolute Gasteiger partial charge is 0.409 e. The van der Waals surface area contributed by atoms with Crippen LogP contribution < -0.4 is 10.6 Å². The summed E-state index contributed by atoms with van der Waals surface area (Å²) in [5.41, 5.74) is 2.72. The molecule has 0 bridgehead atoms. The Morgan fingerprint density at radius 1 is 0.892 bits per heavy atom. The number of fused-ring (bicyclic) bond motifs is 1. The topological polar surface area (TPSA) is 115 Å². The van der Waals surface area contributed by atoms with E-state index in [2.05, 4.69) is 20.9 Å². The highest BCUT2D eigenvalue weighted by Gasteiger charge is 2.28. The predicted octanol–water partition coefficient (Wildman–Crippen LogP) is 4.79. The number of hydrogen-bond acceptors (Lipinski definition) is 7. The minimum atomic E-state index is -1.30. The first kappa shape index (κ1) is 23.9. The molecule has 2 amide bonds. The molecule has 0 saturated heterocycles. The van der Waals surface area contributed by atoms with Gasteiger partial charge in [-0.3, -0.25) is 14.9 Å². The van der Waals surface area contributed by atoms with E-state index in [-0.39, 0.29) is 12.4 Å². The van der Waals surface area contributed by atoms with Crippen molar-refractivity contribution >= 4 is 45.8 Å². The number of nitrogens with zero attached hydrogens (tertiary/aromatic N) is 3. The number of carbonyl (C=O) groups excluding carboxylic acids is 3. The average Bonchev–Trinajstić information content (AvgIpc) is 3.58. The quantitative estimate of drug-likeness (QED) is 0.290. The number of alkyl carbamates (subject to hydrolysis) is 1. The first-order valence-electron chi connectivity index (χ1n) is 11.4.